The van der Waals surface area contributed by atoms with Gasteiger partial charge in [-0.2, -0.15) is 0 Å². The van der Waals surface area contributed by atoms with Gasteiger partial charge >= 0.3 is 11.9 Å². The molecule has 8 nitrogen and oxygen atoms in total. The van der Waals surface area contributed by atoms with Crippen molar-refractivity contribution in [2.24, 2.45) is 0 Å². The first kappa shape index (κ1) is 20.6. The van der Waals surface area contributed by atoms with Crippen LogP contribution in [0.2, 0.25) is 0 Å². The van der Waals surface area contributed by atoms with Crippen molar-refractivity contribution >= 4 is 23.5 Å². The molecule has 1 aliphatic heterocycles. The number of para-hydroxylation sites is 1. The van der Waals surface area contributed by atoms with Crippen LogP contribution in [0.15, 0.2) is 24.3 Å². The summed E-state index contributed by atoms with van der Waals surface area (Å²) >= 11 is 0. The Kier molecular flexibility index (Phi) is 8.03. The van der Waals surface area contributed by atoms with E-state index in [4.69, 9.17) is 19.8 Å². The fourth-order valence-electron chi connectivity index (χ4n) is 2.39. The first-order valence-electron chi connectivity index (χ1n) is 7.97. The number of carboxylic acid groups (broad SMARTS) is 2. The topological polar surface area (TPSA) is 110 Å². The van der Waals surface area contributed by atoms with Crippen LogP contribution in [0.4, 0.5) is 5.69 Å². The van der Waals surface area contributed by atoms with Crippen LogP contribution in [0.5, 0.6) is 0 Å². The van der Waals surface area contributed by atoms with Crippen molar-refractivity contribution in [3.8, 4) is 0 Å². The summed E-state index contributed by atoms with van der Waals surface area (Å²) in [4.78, 5) is 34.6. The summed E-state index contributed by atoms with van der Waals surface area (Å²) < 4.78 is 0. The number of fused-ring (bicyclic) bond motifs is 1. The minimum absolute atomic E-state index is 0.133. The van der Waals surface area contributed by atoms with Gasteiger partial charge in [-0.15, -0.1) is 0 Å². The number of carbonyl (C=O) groups excluding carboxylic acids is 1. The third-order valence-corrected chi connectivity index (χ3v) is 3.72. The number of hydrogen-bond acceptors (Lipinski definition) is 5. The minimum atomic E-state index is -1.82. The van der Waals surface area contributed by atoms with E-state index in [-0.39, 0.29) is 11.9 Å². The van der Waals surface area contributed by atoms with Crippen molar-refractivity contribution in [2.75, 3.05) is 38.6 Å². The molecule has 0 bridgehead atoms. The van der Waals surface area contributed by atoms with Crippen molar-refractivity contribution in [1.29, 1.82) is 0 Å². The molecule has 0 saturated heterocycles. The summed E-state index contributed by atoms with van der Waals surface area (Å²) in [7, 11) is 4.07. The van der Waals surface area contributed by atoms with Gasteiger partial charge in [0.05, 0.1) is 6.04 Å². The Labute approximate surface area is 147 Å². The van der Waals surface area contributed by atoms with Crippen LogP contribution in [0.1, 0.15) is 12.5 Å². The van der Waals surface area contributed by atoms with Gasteiger partial charge in [0.1, 0.15) is 0 Å². The number of amides is 1. The Morgan fingerprint density at radius 3 is 2.36 bits per heavy atom. The fourth-order valence-corrected chi connectivity index (χ4v) is 2.39. The monoisotopic (exact) mass is 351 g/mol. The maximum absolute atomic E-state index is 12.4. The molecule has 0 aromatic heterocycles. The standard InChI is InChI=1S/C15H23N3O.C2H2O4/c1-12(16-9-11-17(2)3)15(19)18-10-8-13-6-4-5-7-14(13)18;3-1(4)2(5)6/h4-7,12,16H,8-11H2,1-3H3;(H,3,4)(H,5,6). The molecule has 1 amide bonds. The maximum Gasteiger partial charge on any atom is 0.414 e. The van der Waals surface area contributed by atoms with Crippen LogP contribution in [0.25, 0.3) is 0 Å². The van der Waals surface area contributed by atoms with Crippen molar-refractivity contribution in [3.05, 3.63) is 29.8 Å². The zero-order chi connectivity index (χ0) is 19.0. The Bertz CT molecular complexity index is 606. The summed E-state index contributed by atoms with van der Waals surface area (Å²) in [6.45, 7) is 4.51. The Hall–Kier alpha value is -2.45. The van der Waals surface area contributed by atoms with E-state index in [9.17, 15) is 4.79 Å². The molecule has 8 heteroatoms. The normalized spacial score (nSPS) is 13.7. The molecule has 1 aliphatic rings. The second kappa shape index (κ2) is 9.75. The minimum Gasteiger partial charge on any atom is -0.473 e. The average Bonchev–Trinajstić information content (AvgIpc) is 2.98. The predicted octanol–water partition coefficient (Wildman–Crippen LogP) is 0.271. The summed E-state index contributed by atoms with van der Waals surface area (Å²) in [5.41, 5.74) is 2.35. The molecule has 2 rings (SSSR count). The first-order chi connectivity index (χ1) is 11.7. The van der Waals surface area contributed by atoms with Crippen LogP contribution < -0.4 is 10.2 Å². The van der Waals surface area contributed by atoms with Crippen molar-refractivity contribution in [1.82, 2.24) is 10.2 Å². The number of carboxylic acids is 2. The summed E-state index contributed by atoms with van der Waals surface area (Å²) in [5, 5.41) is 18.1. The number of hydrogen-bond donors (Lipinski definition) is 3. The highest BCUT2D eigenvalue weighted by Gasteiger charge is 2.27. The Morgan fingerprint density at radius 2 is 1.80 bits per heavy atom. The quantitative estimate of drug-likeness (QED) is 0.653. The van der Waals surface area contributed by atoms with E-state index >= 15 is 0 Å². The van der Waals surface area contributed by atoms with Gasteiger partial charge in [-0.1, -0.05) is 18.2 Å². The first-order valence-corrected chi connectivity index (χ1v) is 7.97. The molecule has 138 valence electrons. The van der Waals surface area contributed by atoms with Crippen molar-refractivity contribution in [2.45, 2.75) is 19.4 Å². The summed E-state index contributed by atoms with van der Waals surface area (Å²) in [5.74, 6) is -3.48. The van der Waals surface area contributed by atoms with E-state index in [1.165, 1.54) is 5.56 Å². The molecule has 1 aromatic rings. The second-order valence-corrected chi connectivity index (χ2v) is 5.96. The van der Waals surface area contributed by atoms with E-state index in [0.717, 1.165) is 31.7 Å². The SMILES string of the molecule is CC(NCCN(C)C)C(=O)N1CCc2ccccc21.O=C(O)C(=O)O. The van der Waals surface area contributed by atoms with Crippen LogP contribution in [0, 0.1) is 0 Å². The molecule has 0 spiro atoms. The number of nitrogens with zero attached hydrogens (tertiary/aromatic N) is 2. The van der Waals surface area contributed by atoms with Crippen LogP contribution in [-0.2, 0) is 20.8 Å². The van der Waals surface area contributed by atoms with Gasteiger partial charge < -0.3 is 25.3 Å². The fraction of sp³-hybridized carbons (Fsp3) is 0.471. The number of rotatable bonds is 5. The zero-order valence-electron chi connectivity index (χ0n) is 14.7. The largest absolute Gasteiger partial charge is 0.473 e. The predicted molar refractivity (Wildman–Crippen MR) is 93.8 cm³/mol. The van der Waals surface area contributed by atoms with Gasteiger partial charge in [-0.3, -0.25) is 4.79 Å². The van der Waals surface area contributed by atoms with Gasteiger partial charge in [-0.05, 0) is 39.1 Å². The average molecular weight is 351 g/mol. The molecule has 0 fully saturated rings. The number of benzene rings is 1. The molecule has 3 N–H and O–H groups in total. The van der Waals surface area contributed by atoms with E-state index in [1.54, 1.807) is 0 Å². The lowest BCUT2D eigenvalue weighted by molar-refractivity contribution is -0.159. The number of aliphatic carboxylic acids is 2. The highest BCUT2D eigenvalue weighted by atomic mass is 16.4. The highest BCUT2D eigenvalue weighted by Crippen LogP contribution is 2.27. The smallest absolute Gasteiger partial charge is 0.414 e. The number of anilines is 1. The molecule has 1 atom stereocenters. The van der Waals surface area contributed by atoms with E-state index < -0.39 is 11.9 Å². The van der Waals surface area contributed by atoms with Crippen molar-refractivity contribution < 1.29 is 24.6 Å². The maximum atomic E-state index is 12.4. The summed E-state index contributed by atoms with van der Waals surface area (Å²) in [6.07, 6.45) is 0.965. The molecule has 0 saturated carbocycles. The van der Waals surface area contributed by atoms with Crippen molar-refractivity contribution in [3.63, 3.8) is 0 Å². The molecule has 0 radical (unpaired) electrons. The molecule has 25 heavy (non-hydrogen) atoms. The molecule has 1 heterocycles. The lowest BCUT2D eigenvalue weighted by Gasteiger charge is -2.23. The van der Waals surface area contributed by atoms with Crippen LogP contribution in [-0.4, -0.2) is 72.7 Å². The number of nitrogens with one attached hydrogen (secondary N) is 1. The zero-order valence-corrected chi connectivity index (χ0v) is 14.7. The van der Waals surface area contributed by atoms with Crippen LogP contribution in [0.3, 0.4) is 0 Å². The third kappa shape index (κ3) is 6.52. The third-order valence-electron chi connectivity index (χ3n) is 3.72. The van der Waals surface area contributed by atoms with Gasteiger partial charge in [0.25, 0.3) is 0 Å². The van der Waals surface area contributed by atoms with Gasteiger partial charge in [0.15, 0.2) is 0 Å². The molecule has 1 aromatic carbocycles. The Balaban J connectivity index is 0.000000450. The van der Waals surface area contributed by atoms with E-state index in [1.807, 2.05) is 44.1 Å². The lowest BCUT2D eigenvalue weighted by Crippen LogP contribution is -2.46. The number of carbonyl (C=O) groups is 3. The van der Waals surface area contributed by atoms with Gasteiger partial charge in [-0.25, -0.2) is 9.59 Å². The summed E-state index contributed by atoms with van der Waals surface area (Å²) in [6, 6.07) is 8.03. The molecular formula is C17H25N3O5. The van der Waals surface area contributed by atoms with Gasteiger partial charge in [0, 0.05) is 25.3 Å². The molecular weight excluding hydrogens is 326 g/mol. The van der Waals surface area contributed by atoms with Gasteiger partial charge in [0.2, 0.25) is 5.91 Å². The molecule has 1 unspecified atom stereocenters. The lowest BCUT2D eigenvalue weighted by atomic mass is 10.2. The number of likely N-dealkylation sites (N-methyl/N-ethyl adjacent to an activating group) is 1. The Morgan fingerprint density at radius 1 is 1.20 bits per heavy atom. The highest BCUT2D eigenvalue weighted by molar-refractivity contribution is 6.27. The van der Waals surface area contributed by atoms with Crippen LogP contribution >= 0.6 is 0 Å². The van der Waals surface area contributed by atoms with E-state index in [0.29, 0.717) is 0 Å². The second-order valence-electron chi connectivity index (χ2n) is 5.96. The van der Waals surface area contributed by atoms with E-state index in [2.05, 4.69) is 16.3 Å². The molecule has 0 aliphatic carbocycles.